The first kappa shape index (κ1) is 19.5. The van der Waals surface area contributed by atoms with Gasteiger partial charge in [-0.25, -0.2) is 4.39 Å². The summed E-state index contributed by atoms with van der Waals surface area (Å²) in [7, 11) is 0. The third-order valence-electron chi connectivity index (χ3n) is 5.92. The van der Waals surface area contributed by atoms with Crippen LogP contribution in [0.25, 0.3) is 10.9 Å². The lowest BCUT2D eigenvalue weighted by atomic mass is 10.1. The number of hydrogen-bond donors (Lipinski definition) is 0. The molecule has 1 saturated heterocycles. The highest BCUT2D eigenvalue weighted by Crippen LogP contribution is 2.28. The highest BCUT2D eigenvalue weighted by atomic mass is 19.1. The van der Waals surface area contributed by atoms with Gasteiger partial charge in [-0.2, -0.15) is 0 Å². The Morgan fingerprint density at radius 3 is 2.38 bits per heavy atom. The van der Waals surface area contributed by atoms with Crippen LogP contribution in [0.4, 0.5) is 10.1 Å². The van der Waals surface area contributed by atoms with Crippen molar-refractivity contribution in [3.63, 3.8) is 0 Å². The summed E-state index contributed by atoms with van der Waals surface area (Å²) < 4.78 is 15.4. The molecule has 0 unspecified atom stereocenters. The Hall–Kier alpha value is -2.82. The molecule has 1 aliphatic rings. The van der Waals surface area contributed by atoms with Gasteiger partial charge in [0.25, 0.3) is 5.91 Å². The van der Waals surface area contributed by atoms with E-state index < -0.39 is 0 Å². The molecule has 1 aromatic heterocycles. The Kier molecular flexibility index (Phi) is 5.56. The Bertz CT molecular complexity index is 1000. The van der Waals surface area contributed by atoms with Crippen LogP contribution in [0.3, 0.4) is 0 Å². The molecule has 4 rings (SSSR count). The zero-order valence-corrected chi connectivity index (χ0v) is 17.2. The average molecular weight is 394 g/mol. The van der Waals surface area contributed by atoms with Gasteiger partial charge in [-0.05, 0) is 49.2 Å². The Morgan fingerprint density at radius 1 is 1.00 bits per heavy atom. The minimum Gasteiger partial charge on any atom is -0.368 e. The number of unbranched alkanes of at least 4 members (excludes halogenated alkanes) is 1. The molecule has 1 fully saturated rings. The molecular formula is C24H28FN3O. The predicted octanol–water partition coefficient (Wildman–Crippen LogP) is 4.85. The second-order valence-electron chi connectivity index (χ2n) is 7.75. The van der Waals surface area contributed by atoms with Crippen molar-refractivity contribution in [1.29, 1.82) is 0 Å². The number of benzene rings is 2. The normalized spacial score (nSPS) is 14.6. The number of rotatable bonds is 5. The van der Waals surface area contributed by atoms with Gasteiger partial charge in [0.1, 0.15) is 11.5 Å². The van der Waals surface area contributed by atoms with E-state index in [1.165, 1.54) is 12.1 Å². The second kappa shape index (κ2) is 8.27. The van der Waals surface area contributed by atoms with Crippen molar-refractivity contribution in [2.75, 3.05) is 31.1 Å². The number of aryl methyl sites for hydroxylation is 2. The number of para-hydroxylation sites is 1. The molecule has 0 atom stereocenters. The van der Waals surface area contributed by atoms with Crippen molar-refractivity contribution in [2.24, 2.45) is 0 Å². The Labute approximate surface area is 171 Å². The number of carbonyl (C=O) groups excluding carboxylic acids is 1. The van der Waals surface area contributed by atoms with Crippen LogP contribution in [0.2, 0.25) is 0 Å². The standard InChI is InChI=1S/C24H28FN3O/c1-3-4-13-28-22-8-6-5-7-21(22)18(2)23(28)24(29)27-16-14-26(15-17-27)20-11-9-19(25)10-12-20/h5-12H,3-4,13-17H2,1-2H3. The van der Waals surface area contributed by atoms with Gasteiger partial charge in [-0.3, -0.25) is 4.79 Å². The number of carbonyl (C=O) groups is 1. The van der Waals surface area contributed by atoms with Gasteiger partial charge in [0.05, 0.1) is 0 Å². The number of hydrogen-bond acceptors (Lipinski definition) is 2. The van der Waals surface area contributed by atoms with Crippen LogP contribution in [0.5, 0.6) is 0 Å². The zero-order chi connectivity index (χ0) is 20.4. The molecule has 1 amide bonds. The van der Waals surface area contributed by atoms with Crippen LogP contribution in [-0.2, 0) is 6.54 Å². The molecular weight excluding hydrogens is 365 g/mol. The number of aromatic nitrogens is 1. The topological polar surface area (TPSA) is 28.5 Å². The fraction of sp³-hybridized carbons (Fsp3) is 0.375. The lowest BCUT2D eigenvalue weighted by Gasteiger charge is -2.36. The molecule has 2 aromatic carbocycles. The van der Waals surface area contributed by atoms with E-state index in [-0.39, 0.29) is 11.7 Å². The minimum absolute atomic E-state index is 0.119. The summed E-state index contributed by atoms with van der Waals surface area (Å²) in [5, 5.41) is 1.16. The molecule has 4 nitrogen and oxygen atoms in total. The van der Waals surface area contributed by atoms with Crippen LogP contribution >= 0.6 is 0 Å². The lowest BCUT2D eigenvalue weighted by molar-refractivity contribution is 0.0735. The molecule has 1 aliphatic heterocycles. The monoisotopic (exact) mass is 393 g/mol. The lowest BCUT2D eigenvalue weighted by Crippen LogP contribution is -2.49. The van der Waals surface area contributed by atoms with Gasteiger partial charge in [-0.1, -0.05) is 31.5 Å². The van der Waals surface area contributed by atoms with E-state index in [1.54, 1.807) is 12.1 Å². The van der Waals surface area contributed by atoms with Crippen molar-refractivity contribution in [1.82, 2.24) is 9.47 Å². The molecule has 5 heteroatoms. The van der Waals surface area contributed by atoms with E-state index in [1.807, 2.05) is 17.0 Å². The Balaban J connectivity index is 1.56. The summed E-state index contributed by atoms with van der Waals surface area (Å²) in [6, 6.07) is 14.9. The smallest absolute Gasteiger partial charge is 0.270 e. The van der Waals surface area contributed by atoms with Crippen molar-refractivity contribution in [3.8, 4) is 0 Å². The molecule has 0 aliphatic carbocycles. The molecule has 0 bridgehead atoms. The van der Waals surface area contributed by atoms with Gasteiger partial charge >= 0.3 is 0 Å². The molecule has 0 spiro atoms. The molecule has 0 saturated carbocycles. The molecule has 0 radical (unpaired) electrons. The summed E-state index contributed by atoms with van der Waals surface area (Å²) in [5.41, 5.74) is 4.05. The fourth-order valence-electron chi connectivity index (χ4n) is 4.27. The number of nitrogens with zero attached hydrogens (tertiary/aromatic N) is 3. The van der Waals surface area contributed by atoms with E-state index in [0.717, 1.165) is 60.3 Å². The highest BCUT2D eigenvalue weighted by molar-refractivity contribution is 6.01. The van der Waals surface area contributed by atoms with Gasteiger partial charge in [-0.15, -0.1) is 0 Å². The van der Waals surface area contributed by atoms with Crippen molar-refractivity contribution < 1.29 is 9.18 Å². The van der Waals surface area contributed by atoms with Crippen molar-refractivity contribution in [3.05, 3.63) is 65.6 Å². The number of halogens is 1. The highest BCUT2D eigenvalue weighted by Gasteiger charge is 2.27. The van der Waals surface area contributed by atoms with Crippen LogP contribution in [0.15, 0.2) is 48.5 Å². The maximum atomic E-state index is 13.5. The molecule has 3 aromatic rings. The largest absolute Gasteiger partial charge is 0.368 e. The Morgan fingerprint density at radius 2 is 1.69 bits per heavy atom. The third kappa shape index (κ3) is 3.74. The summed E-state index contributed by atoms with van der Waals surface area (Å²) >= 11 is 0. The number of piperazine rings is 1. The number of anilines is 1. The van der Waals surface area contributed by atoms with E-state index in [9.17, 15) is 9.18 Å². The van der Waals surface area contributed by atoms with Crippen molar-refractivity contribution in [2.45, 2.75) is 33.2 Å². The first-order valence-electron chi connectivity index (χ1n) is 10.5. The van der Waals surface area contributed by atoms with E-state index >= 15 is 0 Å². The van der Waals surface area contributed by atoms with Crippen molar-refractivity contribution >= 4 is 22.5 Å². The SMILES string of the molecule is CCCCn1c(C(=O)N2CCN(c3ccc(F)cc3)CC2)c(C)c2ccccc21. The average Bonchev–Trinajstić information content (AvgIpc) is 3.04. The summed E-state index contributed by atoms with van der Waals surface area (Å²) in [6.07, 6.45) is 2.15. The predicted molar refractivity (Wildman–Crippen MR) is 116 cm³/mol. The van der Waals surface area contributed by atoms with E-state index in [0.29, 0.717) is 13.1 Å². The second-order valence-corrected chi connectivity index (χ2v) is 7.75. The quantitative estimate of drug-likeness (QED) is 0.620. The number of fused-ring (bicyclic) bond motifs is 1. The minimum atomic E-state index is -0.224. The maximum Gasteiger partial charge on any atom is 0.270 e. The fourth-order valence-corrected chi connectivity index (χ4v) is 4.27. The van der Waals surface area contributed by atoms with Gasteiger partial charge < -0.3 is 14.4 Å². The first-order chi connectivity index (χ1) is 14.1. The molecule has 2 heterocycles. The van der Waals surface area contributed by atoms with E-state index in [2.05, 4.69) is 35.4 Å². The third-order valence-corrected chi connectivity index (χ3v) is 5.92. The number of amides is 1. The van der Waals surface area contributed by atoms with Crippen LogP contribution in [0, 0.1) is 12.7 Å². The van der Waals surface area contributed by atoms with Gasteiger partial charge in [0.2, 0.25) is 0 Å². The summed E-state index contributed by atoms with van der Waals surface area (Å²) in [6.45, 7) is 7.95. The van der Waals surface area contributed by atoms with Gasteiger partial charge in [0, 0.05) is 49.3 Å². The van der Waals surface area contributed by atoms with E-state index in [4.69, 9.17) is 0 Å². The summed E-state index contributed by atoms with van der Waals surface area (Å²) in [4.78, 5) is 17.7. The van der Waals surface area contributed by atoms with Crippen LogP contribution < -0.4 is 4.90 Å². The zero-order valence-electron chi connectivity index (χ0n) is 17.2. The molecule has 29 heavy (non-hydrogen) atoms. The maximum absolute atomic E-state index is 13.5. The summed E-state index contributed by atoms with van der Waals surface area (Å²) in [5.74, 6) is -0.105. The molecule has 0 N–H and O–H groups in total. The van der Waals surface area contributed by atoms with Gasteiger partial charge in [0.15, 0.2) is 0 Å². The van der Waals surface area contributed by atoms with Crippen LogP contribution in [-0.4, -0.2) is 41.6 Å². The molecule has 152 valence electrons. The van der Waals surface area contributed by atoms with Crippen LogP contribution in [0.1, 0.15) is 35.8 Å². The first-order valence-corrected chi connectivity index (χ1v) is 10.5.